The van der Waals surface area contributed by atoms with Crippen LogP contribution in [0.25, 0.3) is 0 Å². The van der Waals surface area contributed by atoms with E-state index in [4.69, 9.17) is 52.6 Å². The molecule has 0 aromatic rings. The third-order valence-corrected chi connectivity index (χ3v) is 0. The quantitative estimate of drug-likeness (QED) is 0.157. The fourth-order valence-corrected chi connectivity index (χ4v) is 0. The molecular formula is H20Fe2O21S3. The summed E-state index contributed by atoms with van der Waals surface area (Å²) in [4.78, 5) is 0. The second kappa shape index (κ2) is 44.6. The van der Waals surface area contributed by atoms with E-state index in [1.54, 1.807) is 0 Å². The van der Waals surface area contributed by atoms with Crippen molar-refractivity contribution >= 4 is 31.2 Å². The van der Waals surface area contributed by atoms with E-state index in [-0.39, 0.29) is 83.4 Å². The maximum Gasteiger partial charge on any atom is 2.00 e. The summed E-state index contributed by atoms with van der Waals surface area (Å²) in [5.74, 6) is 0. The van der Waals surface area contributed by atoms with Crippen LogP contribution >= 0.6 is 0 Å². The van der Waals surface area contributed by atoms with Crippen LogP contribution in [-0.4, -0.2) is 102 Å². The van der Waals surface area contributed by atoms with E-state index in [2.05, 4.69) is 0 Å². The van der Waals surface area contributed by atoms with Gasteiger partial charge in [-0.1, -0.05) is 0 Å². The summed E-state index contributed by atoms with van der Waals surface area (Å²) in [6.07, 6.45) is 0. The average molecular weight is 564 g/mol. The minimum atomic E-state index is -5.17. The van der Waals surface area contributed by atoms with Crippen molar-refractivity contribution in [2.45, 2.75) is 0 Å². The van der Waals surface area contributed by atoms with Gasteiger partial charge in [-0.05, 0) is 0 Å². The van der Waals surface area contributed by atoms with Gasteiger partial charge < -0.3 is 67.5 Å². The molecule has 0 heterocycles. The van der Waals surface area contributed by atoms with E-state index in [1.165, 1.54) is 0 Å². The zero-order chi connectivity index (χ0) is 13.5. The van der Waals surface area contributed by atoms with Crippen molar-refractivity contribution in [2.24, 2.45) is 0 Å². The molecule has 0 bridgehead atoms. The molecule has 26 heavy (non-hydrogen) atoms. The molecule has 0 aliphatic rings. The van der Waals surface area contributed by atoms with Crippen molar-refractivity contribution in [3.63, 3.8) is 0 Å². The Kier molecular flexibility index (Phi) is 191. The molecule has 0 rings (SSSR count). The second-order valence-electron chi connectivity index (χ2n) is 1.26. The normalized spacial score (nSPS) is 6.69. The van der Waals surface area contributed by atoms with Gasteiger partial charge in [0.2, 0.25) is 0 Å². The largest absolute Gasteiger partial charge is 2.00 e. The zero-order valence-electron chi connectivity index (χ0n) is 11.4. The molecule has 0 unspecified atom stereocenters. The summed E-state index contributed by atoms with van der Waals surface area (Å²) in [7, 11) is -15.0. The van der Waals surface area contributed by atoms with E-state index >= 15 is 0 Å². The molecule has 0 aromatic heterocycles. The molecule has 0 aliphatic carbocycles. The number of rotatable bonds is 0. The third kappa shape index (κ3) is 158000. The maximum absolute atomic E-state index is 8.74. The van der Waals surface area contributed by atoms with Gasteiger partial charge in [0.1, 0.15) is 0 Å². The number of hydrogen-bond donors (Lipinski definition) is 2. The van der Waals surface area contributed by atoms with Gasteiger partial charge in [-0.2, -0.15) is 8.42 Å². The van der Waals surface area contributed by atoms with Crippen LogP contribution in [0.15, 0.2) is 0 Å². The average Bonchev–Trinajstić information content (AvgIpc) is 1.41. The summed E-state index contributed by atoms with van der Waals surface area (Å²) in [5, 5.41) is 0. The van der Waals surface area contributed by atoms with Crippen LogP contribution in [0.4, 0.5) is 0 Å². The van der Waals surface area contributed by atoms with Crippen LogP contribution in [0.3, 0.4) is 0 Å². The van der Waals surface area contributed by atoms with Crippen molar-refractivity contribution in [2.75, 3.05) is 0 Å². The molecule has 0 aromatic carbocycles. The summed E-state index contributed by atoms with van der Waals surface area (Å²) in [6, 6.07) is 0. The molecule has 0 amide bonds. The monoisotopic (exact) mass is 564 g/mol. The van der Waals surface area contributed by atoms with Gasteiger partial charge in [0.15, 0.2) is 0 Å². The van der Waals surface area contributed by atoms with Gasteiger partial charge in [-0.15, -0.1) is 0 Å². The molecule has 180 valence electrons. The van der Waals surface area contributed by atoms with Crippen molar-refractivity contribution < 1.29 is 136 Å². The van der Waals surface area contributed by atoms with E-state index in [0.29, 0.717) is 0 Å². The summed E-state index contributed by atoms with van der Waals surface area (Å²) < 4.78 is 99.7. The van der Waals surface area contributed by atoms with Gasteiger partial charge in [-0.25, -0.2) is 0 Å². The van der Waals surface area contributed by atoms with Crippen LogP contribution in [0.5, 0.6) is 0 Å². The Labute approximate surface area is 167 Å². The molecule has 0 saturated carbocycles. The minimum absolute atomic E-state index is 0. The van der Waals surface area contributed by atoms with Gasteiger partial charge in [0.25, 0.3) is 0 Å². The van der Waals surface area contributed by atoms with Gasteiger partial charge >= 0.3 is 44.5 Å². The standard InChI is InChI=1S/2Fe.3H2O4S.9H2O/c;;3*1-5(2,3)4;;;;;;;;;/h;;3*(H2,1,2,3,4);9*1H2/q2*+2;;;;;;;;;;;;/p-4. The zero-order valence-corrected chi connectivity index (χ0v) is 16.1. The molecule has 0 radical (unpaired) electrons. The van der Waals surface area contributed by atoms with Crippen LogP contribution in [0.1, 0.15) is 0 Å². The minimum Gasteiger partial charge on any atom is -0.759 e. The van der Waals surface area contributed by atoms with Crippen LogP contribution in [-0.2, 0) is 65.3 Å². The second-order valence-corrected chi connectivity index (χ2v) is 3.79. The first-order valence-corrected chi connectivity index (χ1v) is 6.10. The van der Waals surface area contributed by atoms with Crippen molar-refractivity contribution in [1.82, 2.24) is 0 Å². The first-order chi connectivity index (χ1) is 6.00. The Morgan fingerprint density at radius 3 is 0.423 bits per heavy atom. The van der Waals surface area contributed by atoms with Crippen LogP contribution in [0.2, 0.25) is 0 Å². The number of hydrogen-bond acceptors (Lipinski definition) is 10. The first kappa shape index (κ1) is 111. The van der Waals surface area contributed by atoms with E-state index in [9.17, 15) is 0 Å². The maximum atomic E-state index is 8.74. The molecule has 0 fully saturated rings. The van der Waals surface area contributed by atoms with E-state index < -0.39 is 31.2 Å². The molecule has 0 saturated heterocycles. The Hall–Kier alpha value is 0.289. The fourth-order valence-electron chi connectivity index (χ4n) is 0. The van der Waals surface area contributed by atoms with E-state index in [1.807, 2.05) is 0 Å². The summed E-state index contributed by atoms with van der Waals surface area (Å²) in [6.45, 7) is 0. The van der Waals surface area contributed by atoms with Gasteiger partial charge in [-0.3, -0.25) is 25.9 Å². The van der Waals surface area contributed by atoms with Crippen LogP contribution in [0, 0.1) is 0 Å². The van der Waals surface area contributed by atoms with E-state index in [0.717, 1.165) is 0 Å². The Morgan fingerprint density at radius 2 is 0.423 bits per heavy atom. The smallest absolute Gasteiger partial charge is 0.759 e. The first-order valence-electron chi connectivity index (χ1n) is 2.03. The molecular weight excluding hydrogens is 544 g/mol. The SMILES string of the molecule is O.O.O.O.O.O.O.O.O.O=S(=O)(O)O.O=S(=O)([O-])[O-].O=S(=O)([O-])[O-].[Fe+2].[Fe+2]. The fraction of sp³-hybridized carbons (Fsp3) is 0. The summed E-state index contributed by atoms with van der Waals surface area (Å²) in [5.41, 5.74) is 0. The molecule has 0 spiro atoms. The van der Waals surface area contributed by atoms with Gasteiger partial charge in [0.05, 0.1) is 0 Å². The van der Waals surface area contributed by atoms with Gasteiger partial charge in [0, 0.05) is 20.8 Å². The van der Waals surface area contributed by atoms with Crippen molar-refractivity contribution in [1.29, 1.82) is 0 Å². The Balaban J connectivity index is -0.00000000571. The molecule has 0 aliphatic heterocycles. The van der Waals surface area contributed by atoms with Crippen molar-refractivity contribution in [3.8, 4) is 0 Å². The van der Waals surface area contributed by atoms with Crippen molar-refractivity contribution in [3.05, 3.63) is 0 Å². The molecule has 21 nitrogen and oxygen atoms in total. The third-order valence-electron chi connectivity index (χ3n) is 0. The topological polar surface area (TPSA) is 519 Å². The molecule has 20 N–H and O–H groups in total. The Morgan fingerprint density at radius 1 is 0.423 bits per heavy atom. The molecule has 0 atom stereocenters. The molecule has 26 heteroatoms. The predicted octanol–water partition coefficient (Wildman–Crippen LogP) is -10.8. The van der Waals surface area contributed by atoms with Crippen LogP contribution < -0.4 is 0 Å². The Bertz CT molecular complexity index is 344. The summed E-state index contributed by atoms with van der Waals surface area (Å²) >= 11 is 0. The predicted molar refractivity (Wildman–Crippen MR) is 67.7 cm³/mol.